The number of halogens is 1. The van der Waals surface area contributed by atoms with Crippen LogP contribution in [0.15, 0.2) is 74.6 Å². The molecule has 210 valence electrons. The third-order valence-corrected chi connectivity index (χ3v) is 7.70. The van der Waals surface area contributed by atoms with Gasteiger partial charge in [-0.05, 0) is 55.3 Å². The summed E-state index contributed by atoms with van der Waals surface area (Å²) in [6, 6.07) is 10.2. The number of hydrogen-bond donors (Lipinski definition) is 0. The number of hydrogen-bond acceptors (Lipinski definition) is 8. The first-order chi connectivity index (χ1) is 19.4. The van der Waals surface area contributed by atoms with Gasteiger partial charge >= 0.3 is 5.97 Å². The number of esters is 1. The van der Waals surface area contributed by atoms with Crippen LogP contribution in [0.25, 0.3) is 6.08 Å². The SMILES string of the molecule is C=CCOc1ccc(/C=c2/sc3n(c2=O)[C@@H](c2cc(Br)ccc2OC)C(C(=O)OCC)=C(CCC)N=3)cc1OC. The Balaban J connectivity index is 1.97. The van der Waals surface area contributed by atoms with Crippen LogP contribution in [0, 0.1) is 0 Å². The first kappa shape index (κ1) is 29.4. The molecule has 0 bridgehead atoms. The van der Waals surface area contributed by atoms with E-state index in [0.717, 1.165) is 16.5 Å². The molecule has 0 N–H and O–H groups in total. The molecule has 2 aromatic carbocycles. The van der Waals surface area contributed by atoms with Crippen LogP contribution in [-0.2, 0) is 9.53 Å². The molecule has 0 saturated heterocycles. The van der Waals surface area contributed by atoms with Crippen molar-refractivity contribution < 1.29 is 23.7 Å². The molecule has 0 radical (unpaired) electrons. The summed E-state index contributed by atoms with van der Waals surface area (Å²) in [6.45, 7) is 7.99. The number of carbonyl (C=O) groups excluding carboxylic acids is 1. The zero-order valence-corrected chi connectivity index (χ0v) is 25.3. The Morgan fingerprint density at radius 1 is 1.12 bits per heavy atom. The normalized spacial score (nSPS) is 14.8. The number of nitrogens with zero attached hydrogens (tertiary/aromatic N) is 2. The molecule has 0 amide bonds. The highest BCUT2D eigenvalue weighted by Gasteiger charge is 2.36. The topological polar surface area (TPSA) is 88.4 Å². The van der Waals surface area contributed by atoms with Crippen molar-refractivity contribution in [2.75, 3.05) is 27.4 Å². The van der Waals surface area contributed by atoms with Gasteiger partial charge in [0, 0.05) is 10.0 Å². The quantitative estimate of drug-likeness (QED) is 0.222. The standard InChI is InChI=1S/C30H31BrN2O6S/c1-6-9-21-26(29(35)38-8-3)27(20-17-19(31)11-13-22(20)36-4)33-28(34)25(40-30(33)32-21)16-18-10-12-23(39-14-7-2)24(15-18)37-5/h7,10-13,15-17,27H,2,6,8-9,14H2,1,3-5H3/b25-16+/t27-/m0/s1. The van der Waals surface area contributed by atoms with E-state index in [9.17, 15) is 9.59 Å². The minimum absolute atomic E-state index is 0.197. The highest BCUT2D eigenvalue weighted by molar-refractivity contribution is 9.10. The summed E-state index contributed by atoms with van der Waals surface area (Å²) in [5.41, 5.74) is 2.07. The van der Waals surface area contributed by atoms with Crippen LogP contribution in [0.2, 0.25) is 0 Å². The second-order valence-corrected chi connectivity index (χ2v) is 10.7. The lowest BCUT2D eigenvalue weighted by Gasteiger charge is -2.27. The molecule has 0 fully saturated rings. The Bertz CT molecular complexity index is 1640. The van der Waals surface area contributed by atoms with E-state index in [-0.39, 0.29) is 12.2 Å². The number of thiazole rings is 1. The second-order valence-electron chi connectivity index (χ2n) is 8.81. The van der Waals surface area contributed by atoms with Gasteiger partial charge in [-0.25, -0.2) is 9.79 Å². The van der Waals surface area contributed by atoms with Gasteiger partial charge in [0.15, 0.2) is 16.3 Å². The Morgan fingerprint density at radius 2 is 1.88 bits per heavy atom. The van der Waals surface area contributed by atoms with Crippen LogP contribution in [0.5, 0.6) is 17.2 Å². The van der Waals surface area contributed by atoms with Crippen LogP contribution < -0.4 is 29.1 Å². The first-order valence-corrected chi connectivity index (χ1v) is 14.4. The van der Waals surface area contributed by atoms with Crippen molar-refractivity contribution in [2.24, 2.45) is 4.99 Å². The second kappa shape index (κ2) is 13.1. The molecule has 1 aliphatic rings. The lowest BCUT2D eigenvalue weighted by atomic mass is 9.93. The smallest absolute Gasteiger partial charge is 0.338 e. The lowest BCUT2D eigenvalue weighted by Crippen LogP contribution is -2.40. The molecule has 0 spiro atoms. The summed E-state index contributed by atoms with van der Waals surface area (Å²) in [5, 5.41) is 0. The van der Waals surface area contributed by atoms with Gasteiger partial charge in [-0.2, -0.15) is 0 Å². The number of carbonyl (C=O) groups is 1. The Labute approximate surface area is 245 Å². The maximum Gasteiger partial charge on any atom is 0.338 e. The summed E-state index contributed by atoms with van der Waals surface area (Å²) in [5.74, 6) is 1.15. The molecule has 2 heterocycles. The maximum atomic E-state index is 14.0. The van der Waals surface area contributed by atoms with Crippen LogP contribution in [0.3, 0.4) is 0 Å². The van der Waals surface area contributed by atoms with E-state index in [0.29, 0.717) is 56.4 Å². The summed E-state index contributed by atoms with van der Waals surface area (Å²) >= 11 is 4.80. The molecule has 8 nitrogen and oxygen atoms in total. The van der Waals surface area contributed by atoms with E-state index >= 15 is 0 Å². The molecule has 10 heteroatoms. The minimum Gasteiger partial charge on any atom is -0.496 e. The number of ether oxygens (including phenoxy) is 4. The van der Waals surface area contributed by atoms with Crippen molar-refractivity contribution in [1.29, 1.82) is 0 Å². The molecule has 40 heavy (non-hydrogen) atoms. The van der Waals surface area contributed by atoms with Crippen LogP contribution in [0.1, 0.15) is 43.9 Å². The third kappa shape index (κ3) is 5.93. The molecule has 3 aromatic rings. The predicted molar refractivity (Wildman–Crippen MR) is 159 cm³/mol. The zero-order valence-electron chi connectivity index (χ0n) is 22.9. The molecule has 0 unspecified atom stereocenters. The van der Waals surface area contributed by atoms with Crippen molar-refractivity contribution in [3.63, 3.8) is 0 Å². The molecule has 1 atom stereocenters. The van der Waals surface area contributed by atoms with Crippen LogP contribution in [-0.4, -0.2) is 38.0 Å². The molecule has 1 aliphatic heterocycles. The van der Waals surface area contributed by atoms with E-state index in [1.165, 1.54) is 11.3 Å². The van der Waals surface area contributed by atoms with Gasteiger partial charge in [0.2, 0.25) is 0 Å². The van der Waals surface area contributed by atoms with Gasteiger partial charge in [-0.15, -0.1) is 0 Å². The van der Waals surface area contributed by atoms with Crippen molar-refractivity contribution in [3.8, 4) is 17.2 Å². The number of benzene rings is 2. The van der Waals surface area contributed by atoms with E-state index in [1.54, 1.807) is 56.1 Å². The lowest BCUT2D eigenvalue weighted by molar-refractivity contribution is -0.139. The summed E-state index contributed by atoms with van der Waals surface area (Å²) < 4.78 is 25.1. The van der Waals surface area contributed by atoms with Gasteiger partial charge in [0.25, 0.3) is 5.56 Å². The average Bonchev–Trinajstić information content (AvgIpc) is 3.25. The average molecular weight is 628 g/mol. The van der Waals surface area contributed by atoms with Crippen LogP contribution >= 0.6 is 27.3 Å². The first-order valence-electron chi connectivity index (χ1n) is 12.8. The molecule has 0 aliphatic carbocycles. The van der Waals surface area contributed by atoms with Gasteiger partial charge in [0.05, 0.1) is 36.6 Å². The van der Waals surface area contributed by atoms with Crippen molar-refractivity contribution in [2.45, 2.75) is 32.7 Å². The minimum atomic E-state index is -0.782. The number of aromatic nitrogens is 1. The number of allylic oxidation sites excluding steroid dienone is 1. The van der Waals surface area contributed by atoms with Crippen molar-refractivity contribution in [3.05, 3.63) is 95.6 Å². The molecular weight excluding hydrogens is 596 g/mol. The fraction of sp³-hybridized carbons (Fsp3) is 0.300. The molecule has 0 saturated carbocycles. The fourth-order valence-corrected chi connectivity index (χ4v) is 5.93. The Hall–Kier alpha value is -3.63. The van der Waals surface area contributed by atoms with E-state index in [2.05, 4.69) is 22.5 Å². The van der Waals surface area contributed by atoms with Gasteiger partial charge < -0.3 is 18.9 Å². The predicted octanol–water partition coefficient (Wildman–Crippen LogP) is 4.92. The number of methoxy groups -OCH3 is 2. The van der Waals surface area contributed by atoms with E-state index < -0.39 is 12.0 Å². The zero-order chi connectivity index (χ0) is 28.8. The third-order valence-electron chi connectivity index (χ3n) is 6.22. The van der Waals surface area contributed by atoms with Gasteiger partial charge in [0.1, 0.15) is 18.4 Å². The monoisotopic (exact) mass is 626 g/mol. The maximum absolute atomic E-state index is 14.0. The molecular formula is C30H31BrN2O6S. The fourth-order valence-electron chi connectivity index (χ4n) is 4.53. The highest BCUT2D eigenvalue weighted by atomic mass is 79.9. The van der Waals surface area contributed by atoms with E-state index in [1.807, 2.05) is 25.1 Å². The molecule has 1 aromatic heterocycles. The Kier molecular flexibility index (Phi) is 9.65. The van der Waals surface area contributed by atoms with Gasteiger partial charge in [-0.3, -0.25) is 9.36 Å². The van der Waals surface area contributed by atoms with Crippen molar-refractivity contribution >= 4 is 39.3 Å². The van der Waals surface area contributed by atoms with Crippen LogP contribution in [0.4, 0.5) is 0 Å². The van der Waals surface area contributed by atoms with Crippen molar-refractivity contribution in [1.82, 2.24) is 4.57 Å². The largest absolute Gasteiger partial charge is 0.496 e. The van der Waals surface area contributed by atoms with E-state index in [4.69, 9.17) is 23.9 Å². The summed E-state index contributed by atoms with van der Waals surface area (Å²) in [7, 11) is 3.12. The number of rotatable bonds is 11. The summed E-state index contributed by atoms with van der Waals surface area (Å²) in [4.78, 5) is 32.7. The Morgan fingerprint density at radius 3 is 2.55 bits per heavy atom. The highest BCUT2D eigenvalue weighted by Crippen LogP contribution is 2.38. The van der Waals surface area contributed by atoms with Gasteiger partial charge in [-0.1, -0.05) is 59.3 Å². The molecule has 4 rings (SSSR count). The summed E-state index contributed by atoms with van der Waals surface area (Å²) in [6.07, 6.45) is 4.75. The number of fused-ring (bicyclic) bond motifs is 1.